The van der Waals surface area contributed by atoms with Crippen LogP contribution in [0.1, 0.15) is 5.56 Å². The first-order chi connectivity index (χ1) is 7.36. The van der Waals surface area contributed by atoms with Crippen molar-refractivity contribution < 1.29 is 4.52 Å². The molecule has 0 bridgehead atoms. The number of rotatable bonds is 4. The zero-order valence-corrected chi connectivity index (χ0v) is 9.64. The minimum absolute atomic E-state index is 0.467. The highest BCUT2D eigenvalue weighted by atomic mass is 35.5. The lowest BCUT2D eigenvalue weighted by atomic mass is 10.2. The summed E-state index contributed by atoms with van der Waals surface area (Å²) in [4.78, 5) is 0. The van der Waals surface area contributed by atoms with Crippen LogP contribution in [0, 0.1) is 0 Å². The van der Waals surface area contributed by atoms with Crippen LogP contribution in [0.5, 0.6) is 0 Å². The largest absolute Gasteiger partial charge is 0.355 e. The summed E-state index contributed by atoms with van der Waals surface area (Å²) in [5.74, 6) is 1.30. The van der Waals surface area contributed by atoms with E-state index in [1.807, 2.05) is 18.2 Å². The van der Waals surface area contributed by atoms with Gasteiger partial charge in [0.2, 0.25) is 0 Å². The van der Waals surface area contributed by atoms with Crippen molar-refractivity contribution in [1.82, 2.24) is 5.16 Å². The summed E-state index contributed by atoms with van der Waals surface area (Å²) in [6, 6.07) is 5.80. The molecule has 0 unspecified atom stereocenters. The maximum Gasteiger partial charge on any atom is 0.168 e. The molecule has 0 fully saturated rings. The van der Waals surface area contributed by atoms with Crippen LogP contribution in [0.2, 0.25) is 0 Å². The van der Waals surface area contributed by atoms with E-state index in [2.05, 4.69) is 5.16 Å². The third kappa shape index (κ3) is 2.12. The van der Waals surface area contributed by atoms with Crippen LogP contribution in [-0.2, 0) is 5.88 Å². The first-order valence-corrected chi connectivity index (χ1v) is 6.15. The van der Waals surface area contributed by atoms with Gasteiger partial charge in [0.05, 0.1) is 5.39 Å². The van der Waals surface area contributed by atoms with Crippen molar-refractivity contribution >= 4 is 34.3 Å². The fourth-order valence-electron chi connectivity index (χ4n) is 1.40. The van der Waals surface area contributed by atoms with E-state index >= 15 is 0 Å². The molecule has 5 heteroatoms. The molecule has 1 heterocycles. The molecule has 0 saturated heterocycles. The number of halogens is 1. The summed E-state index contributed by atoms with van der Waals surface area (Å²) in [5.41, 5.74) is 7.29. The molecule has 0 atom stereocenters. The molecule has 80 valence electrons. The number of benzene rings is 1. The van der Waals surface area contributed by atoms with Gasteiger partial charge in [0.15, 0.2) is 5.58 Å². The number of nitrogens with two attached hydrogens (primary N) is 1. The van der Waals surface area contributed by atoms with Crippen LogP contribution < -0.4 is 5.73 Å². The smallest absolute Gasteiger partial charge is 0.168 e. The Labute approximate surface area is 96.9 Å². The highest BCUT2D eigenvalue weighted by Crippen LogP contribution is 2.30. The predicted octanol–water partition coefficient (Wildman–Crippen LogP) is 2.62. The van der Waals surface area contributed by atoms with Crippen molar-refractivity contribution in [1.29, 1.82) is 0 Å². The van der Waals surface area contributed by atoms with E-state index in [4.69, 9.17) is 21.9 Å². The van der Waals surface area contributed by atoms with Crippen molar-refractivity contribution in [3.63, 3.8) is 0 Å². The topological polar surface area (TPSA) is 52.0 Å². The van der Waals surface area contributed by atoms with E-state index in [-0.39, 0.29) is 0 Å². The van der Waals surface area contributed by atoms with E-state index in [0.29, 0.717) is 12.4 Å². The van der Waals surface area contributed by atoms with Crippen LogP contribution in [-0.4, -0.2) is 17.5 Å². The van der Waals surface area contributed by atoms with Gasteiger partial charge in [-0.15, -0.1) is 23.4 Å². The zero-order valence-electron chi connectivity index (χ0n) is 8.07. The lowest BCUT2D eigenvalue weighted by Crippen LogP contribution is -2.01. The van der Waals surface area contributed by atoms with Crippen LogP contribution in [0.4, 0.5) is 0 Å². The van der Waals surface area contributed by atoms with Crippen molar-refractivity contribution in [3.05, 3.63) is 23.8 Å². The molecule has 0 aliphatic rings. The van der Waals surface area contributed by atoms with Gasteiger partial charge in [0, 0.05) is 18.2 Å². The lowest BCUT2D eigenvalue weighted by Gasteiger charge is -1.98. The third-order valence-electron chi connectivity index (χ3n) is 2.05. The van der Waals surface area contributed by atoms with Gasteiger partial charge < -0.3 is 10.3 Å². The monoisotopic (exact) mass is 242 g/mol. The van der Waals surface area contributed by atoms with Gasteiger partial charge in [0.1, 0.15) is 5.03 Å². The Kier molecular flexibility index (Phi) is 3.51. The summed E-state index contributed by atoms with van der Waals surface area (Å²) >= 11 is 7.46. The Bertz CT molecular complexity index is 458. The molecule has 0 aliphatic carbocycles. The molecule has 0 aliphatic heterocycles. The maximum absolute atomic E-state index is 5.87. The van der Waals surface area contributed by atoms with E-state index in [1.54, 1.807) is 11.8 Å². The third-order valence-corrected chi connectivity index (χ3v) is 3.33. The van der Waals surface area contributed by atoms with E-state index in [0.717, 1.165) is 27.3 Å². The number of nitrogens with zero attached hydrogens (tertiary/aromatic N) is 1. The lowest BCUT2D eigenvalue weighted by molar-refractivity contribution is 0.437. The normalized spacial score (nSPS) is 11.1. The van der Waals surface area contributed by atoms with Crippen molar-refractivity contribution in [2.45, 2.75) is 10.9 Å². The second kappa shape index (κ2) is 4.88. The number of aromatic nitrogens is 1. The molecule has 15 heavy (non-hydrogen) atoms. The van der Waals surface area contributed by atoms with Gasteiger partial charge in [-0.1, -0.05) is 17.3 Å². The molecule has 2 N–H and O–H groups in total. The highest BCUT2D eigenvalue weighted by Gasteiger charge is 2.11. The highest BCUT2D eigenvalue weighted by molar-refractivity contribution is 7.99. The Morgan fingerprint density at radius 2 is 2.33 bits per heavy atom. The van der Waals surface area contributed by atoms with Gasteiger partial charge in [-0.2, -0.15) is 0 Å². The van der Waals surface area contributed by atoms with E-state index in [1.165, 1.54) is 0 Å². The average molecular weight is 243 g/mol. The number of alkyl halides is 1. The van der Waals surface area contributed by atoms with Gasteiger partial charge in [-0.3, -0.25) is 0 Å². The van der Waals surface area contributed by atoms with Crippen molar-refractivity contribution in [2.75, 3.05) is 12.3 Å². The number of hydrogen-bond acceptors (Lipinski definition) is 4. The molecule has 0 spiro atoms. The molecule has 2 rings (SSSR count). The first-order valence-electron chi connectivity index (χ1n) is 4.63. The van der Waals surface area contributed by atoms with Crippen LogP contribution in [0.3, 0.4) is 0 Å². The minimum Gasteiger partial charge on any atom is -0.355 e. The fourth-order valence-corrected chi connectivity index (χ4v) is 2.40. The molecular formula is C10H11ClN2OS. The predicted molar refractivity (Wildman–Crippen MR) is 63.3 cm³/mol. The van der Waals surface area contributed by atoms with Gasteiger partial charge in [-0.05, 0) is 11.6 Å². The summed E-state index contributed by atoms with van der Waals surface area (Å²) in [6.45, 7) is 0.627. The summed E-state index contributed by atoms with van der Waals surface area (Å²) in [7, 11) is 0. The molecule has 0 amide bonds. The summed E-state index contributed by atoms with van der Waals surface area (Å²) < 4.78 is 5.22. The van der Waals surface area contributed by atoms with E-state index in [9.17, 15) is 0 Å². The Balaban J connectivity index is 2.46. The first kappa shape index (κ1) is 10.8. The zero-order chi connectivity index (χ0) is 10.7. The maximum atomic E-state index is 5.87. The molecule has 3 nitrogen and oxygen atoms in total. The van der Waals surface area contributed by atoms with Gasteiger partial charge >= 0.3 is 0 Å². The molecule has 2 aromatic rings. The van der Waals surface area contributed by atoms with Gasteiger partial charge in [0.25, 0.3) is 0 Å². The molecule has 1 aromatic heterocycles. The number of fused-ring (bicyclic) bond motifs is 1. The summed E-state index contributed by atoms with van der Waals surface area (Å²) in [6.07, 6.45) is 0. The Morgan fingerprint density at radius 3 is 3.07 bits per heavy atom. The SMILES string of the molecule is NCCSc1noc2cccc(CCl)c12. The minimum atomic E-state index is 0.467. The Morgan fingerprint density at radius 1 is 1.47 bits per heavy atom. The molecule has 0 radical (unpaired) electrons. The summed E-state index contributed by atoms with van der Waals surface area (Å²) in [5, 5.41) is 5.92. The van der Waals surface area contributed by atoms with Crippen molar-refractivity contribution in [2.24, 2.45) is 5.73 Å². The molecule has 0 saturated carbocycles. The quantitative estimate of drug-likeness (QED) is 0.662. The number of thioether (sulfide) groups is 1. The van der Waals surface area contributed by atoms with E-state index < -0.39 is 0 Å². The molecule has 1 aromatic carbocycles. The second-order valence-corrected chi connectivity index (χ2v) is 4.40. The van der Waals surface area contributed by atoms with Crippen LogP contribution in [0.15, 0.2) is 27.7 Å². The van der Waals surface area contributed by atoms with Gasteiger partial charge in [-0.25, -0.2) is 0 Å². The van der Waals surface area contributed by atoms with Crippen LogP contribution >= 0.6 is 23.4 Å². The average Bonchev–Trinajstić information content (AvgIpc) is 2.69. The molecular weight excluding hydrogens is 232 g/mol. The number of hydrogen-bond donors (Lipinski definition) is 1. The second-order valence-electron chi connectivity index (χ2n) is 3.05. The fraction of sp³-hybridized carbons (Fsp3) is 0.300. The standard InChI is InChI=1S/C10H11ClN2OS/c11-6-7-2-1-3-8-9(7)10(13-14-8)15-5-4-12/h1-3H,4-6,12H2. The van der Waals surface area contributed by atoms with Crippen molar-refractivity contribution in [3.8, 4) is 0 Å². The Hall–Kier alpha value is -0.710. The van der Waals surface area contributed by atoms with Crippen LogP contribution in [0.25, 0.3) is 11.0 Å².